The second kappa shape index (κ2) is 5.54. The highest BCUT2D eigenvalue weighted by atomic mass is 16.3. The number of rotatable bonds is 4. The highest BCUT2D eigenvalue weighted by molar-refractivity contribution is 6.02. The number of carbonyl (C=O) groups is 1. The van der Waals surface area contributed by atoms with E-state index in [1.54, 1.807) is 6.07 Å². The molecule has 0 saturated heterocycles. The van der Waals surface area contributed by atoms with Crippen LogP contribution < -0.4 is 5.73 Å². The minimum Gasteiger partial charge on any atom is -0.453 e. The second-order valence-corrected chi connectivity index (χ2v) is 5.17. The van der Waals surface area contributed by atoms with Crippen molar-refractivity contribution in [1.29, 1.82) is 0 Å². The van der Waals surface area contributed by atoms with E-state index in [2.05, 4.69) is 0 Å². The lowest BCUT2D eigenvalue weighted by molar-refractivity contribution is 0.0937. The fourth-order valence-electron chi connectivity index (χ4n) is 2.58. The molecule has 0 aliphatic heterocycles. The number of para-hydroxylation sites is 1. The van der Waals surface area contributed by atoms with Crippen molar-refractivity contribution in [3.05, 3.63) is 71.5 Å². The zero-order chi connectivity index (χ0) is 14.8. The summed E-state index contributed by atoms with van der Waals surface area (Å²) in [7, 11) is 0. The zero-order valence-electron chi connectivity index (χ0n) is 11.9. The Morgan fingerprint density at radius 1 is 1.14 bits per heavy atom. The summed E-state index contributed by atoms with van der Waals surface area (Å²) in [5.74, 6) is -0.0648. The average Bonchev–Trinajstić information content (AvgIpc) is 2.95. The molecule has 2 aromatic carbocycles. The maximum atomic E-state index is 12.7. The fourth-order valence-corrected chi connectivity index (χ4v) is 2.58. The third kappa shape index (κ3) is 2.48. The first-order valence-corrected chi connectivity index (χ1v) is 6.99. The molecule has 0 spiro atoms. The Morgan fingerprint density at radius 3 is 2.57 bits per heavy atom. The van der Waals surface area contributed by atoms with Crippen molar-refractivity contribution in [2.75, 3.05) is 6.54 Å². The van der Waals surface area contributed by atoms with Crippen LogP contribution in [0.3, 0.4) is 0 Å². The maximum Gasteiger partial charge on any atom is 0.206 e. The van der Waals surface area contributed by atoms with Crippen LogP contribution in [0.4, 0.5) is 0 Å². The molecule has 3 heteroatoms. The first-order chi connectivity index (χ1) is 10.2. The standard InChI is InChI=1S/C18H17NO2/c1-12-6-5-9-14-10-16(21-18(12)14)17(20)15(11-19)13-7-3-2-4-8-13/h2-10,15H,11,19H2,1H3. The van der Waals surface area contributed by atoms with Crippen molar-refractivity contribution in [3.8, 4) is 0 Å². The lowest BCUT2D eigenvalue weighted by atomic mass is 9.93. The molecular weight excluding hydrogens is 262 g/mol. The quantitative estimate of drug-likeness (QED) is 0.741. The molecule has 1 atom stereocenters. The molecule has 0 aliphatic rings. The van der Waals surface area contributed by atoms with Gasteiger partial charge in [-0.3, -0.25) is 4.79 Å². The summed E-state index contributed by atoms with van der Waals surface area (Å²) in [5, 5.41) is 0.946. The number of hydrogen-bond acceptors (Lipinski definition) is 3. The largest absolute Gasteiger partial charge is 0.453 e. The number of aryl methyl sites for hydroxylation is 1. The predicted molar refractivity (Wildman–Crippen MR) is 83.5 cm³/mol. The van der Waals surface area contributed by atoms with Gasteiger partial charge in [0.25, 0.3) is 0 Å². The Bertz CT molecular complexity index is 774. The summed E-state index contributed by atoms with van der Waals surface area (Å²) < 4.78 is 5.76. The summed E-state index contributed by atoms with van der Waals surface area (Å²) in [6, 6.07) is 17.3. The van der Waals surface area contributed by atoms with Crippen molar-refractivity contribution in [2.45, 2.75) is 12.8 Å². The number of benzene rings is 2. The molecule has 0 radical (unpaired) electrons. The van der Waals surface area contributed by atoms with Gasteiger partial charge in [0.15, 0.2) is 5.76 Å². The highest BCUT2D eigenvalue weighted by Crippen LogP contribution is 2.27. The smallest absolute Gasteiger partial charge is 0.206 e. The number of Topliss-reactive ketones (excluding diaryl/α,β-unsaturated/α-hetero) is 1. The minimum atomic E-state index is -0.368. The summed E-state index contributed by atoms with van der Waals surface area (Å²) in [5.41, 5.74) is 8.52. The van der Waals surface area contributed by atoms with E-state index in [-0.39, 0.29) is 18.2 Å². The molecule has 0 saturated carbocycles. The van der Waals surface area contributed by atoms with E-state index in [9.17, 15) is 4.79 Å². The summed E-state index contributed by atoms with van der Waals surface area (Å²) in [4.78, 5) is 12.7. The van der Waals surface area contributed by atoms with Gasteiger partial charge in [0.1, 0.15) is 5.58 Å². The van der Waals surface area contributed by atoms with E-state index < -0.39 is 0 Å². The van der Waals surface area contributed by atoms with Gasteiger partial charge in [0.2, 0.25) is 5.78 Å². The third-order valence-corrected chi connectivity index (χ3v) is 3.74. The van der Waals surface area contributed by atoms with Gasteiger partial charge in [-0.25, -0.2) is 0 Å². The van der Waals surface area contributed by atoms with Gasteiger partial charge in [-0.05, 0) is 24.1 Å². The zero-order valence-corrected chi connectivity index (χ0v) is 11.9. The topological polar surface area (TPSA) is 56.2 Å². The van der Waals surface area contributed by atoms with Crippen molar-refractivity contribution in [3.63, 3.8) is 0 Å². The van der Waals surface area contributed by atoms with E-state index in [0.29, 0.717) is 5.76 Å². The maximum absolute atomic E-state index is 12.7. The monoisotopic (exact) mass is 279 g/mol. The van der Waals surface area contributed by atoms with Gasteiger partial charge in [-0.1, -0.05) is 48.5 Å². The molecule has 0 bridgehead atoms. The number of hydrogen-bond donors (Lipinski definition) is 1. The molecule has 0 amide bonds. The molecular formula is C18H17NO2. The summed E-state index contributed by atoms with van der Waals surface area (Å²) in [6.07, 6.45) is 0. The molecule has 3 nitrogen and oxygen atoms in total. The van der Waals surface area contributed by atoms with Crippen molar-refractivity contribution >= 4 is 16.8 Å². The van der Waals surface area contributed by atoms with E-state index >= 15 is 0 Å². The van der Waals surface area contributed by atoms with Crippen LogP contribution in [0.5, 0.6) is 0 Å². The van der Waals surface area contributed by atoms with Crippen LogP contribution in [0.1, 0.15) is 27.6 Å². The van der Waals surface area contributed by atoms with Crippen molar-refractivity contribution < 1.29 is 9.21 Å². The van der Waals surface area contributed by atoms with Gasteiger partial charge in [0, 0.05) is 11.9 Å². The number of fused-ring (bicyclic) bond motifs is 1. The molecule has 1 aromatic heterocycles. The second-order valence-electron chi connectivity index (χ2n) is 5.17. The van der Waals surface area contributed by atoms with Crippen LogP contribution in [0.25, 0.3) is 11.0 Å². The van der Waals surface area contributed by atoms with Gasteiger partial charge in [-0.2, -0.15) is 0 Å². The lowest BCUT2D eigenvalue weighted by Gasteiger charge is -2.12. The van der Waals surface area contributed by atoms with Crippen LogP contribution in [0, 0.1) is 6.92 Å². The fraction of sp³-hybridized carbons (Fsp3) is 0.167. The van der Waals surface area contributed by atoms with Crippen LogP contribution >= 0.6 is 0 Å². The lowest BCUT2D eigenvalue weighted by Crippen LogP contribution is -2.21. The molecule has 0 fully saturated rings. The molecule has 3 rings (SSSR count). The van der Waals surface area contributed by atoms with E-state index in [1.807, 2.05) is 55.5 Å². The summed E-state index contributed by atoms with van der Waals surface area (Å²) in [6.45, 7) is 2.23. The number of ketones is 1. The van der Waals surface area contributed by atoms with Crippen LogP contribution in [-0.2, 0) is 0 Å². The van der Waals surface area contributed by atoms with E-state index in [1.165, 1.54) is 0 Å². The van der Waals surface area contributed by atoms with E-state index in [4.69, 9.17) is 10.2 Å². The van der Waals surface area contributed by atoms with Crippen molar-refractivity contribution in [1.82, 2.24) is 0 Å². The Morgan fingerprint density at radius 2 is 1.90 bits per heavy atom. The van der Waals surface area contributed by atoms with Crippen LogP contribution in [-0.4, -0.2) is 12.3 Å². The molecule has 106 valence electrons. The Hall–Kier alpha value is -2.39. The van der Waals surface area contributed by atoms with Gasteiger partial charge < -0.3 is 10.2 Å². The molecule has 3 aromatic rings. The predicted octanol–water partition coefficient (Wildman–Crippen LogP) is 3.67. The number of nitrogens with two attached hydrogens (primary N) is 1. The third-order valence-electron chi connectivity index (χ3n) is 3.74. The molecule has 21 heavy (non-hydrogen) atoms. The SMILES string of the molecule is Cc1cccc2cc(C(=O)C(CN)c3ccccc3)oc12. The average molecular weight is 279 g/mol. The Balaban J connectivity index is 2.01. The Labute approximate surface area is 123 Å². The van der Waals surface area contributed by atoms with Crippen molar-refractivity contribution in [2.24, 2.45) is 5.73 Å². The number of furan rings is 1. The van der Waals surface area contributed by atoms with E-state index in [0.717, 1.165) is 22.1 Å². The van der Waals surface area contributed by atoms with Crippen LogP contribution in [0.15, 0.2) is 59.0 Å². The highest BCUT2D eigenvalue weighted by Gasteiger charge is 2.23. The normalized spacial score (nSPS) is 12.5. The first-order valence-electron chi connectivity index (χ1n) is 6.99. The first kappa shape index (κ1) is 13.6. The van der Waals surface area contributed by atoms with Gasteiger partial charge in [-0.15, -0.1) is 0 Å². The van der Waals surface area contributed by atoms with Gasteiger partial charge >= 0.3 is 0 Å². The van der Waals surface area contributed by atoms with Gasteiger partial charge in [0.05, 0.1) is 5.92 Å². The molecule has 0 aliphatic carbocycles. The minimum absolute atomic E-state index is 0.0701. The van der Waals surface area contributed by atoms with Crippen LogP contribution in [0.2, 0.25) is 0 Å². The Kier molecular flexibility index (Phi) is 3.59. The number of carbonyl (C=O) groups excluding carboxylic acids is 1. The molecule has 1 heterocycles. The molecule has 1 unspecified atom stereocenters. The molecule has 2 N–H and O–H groups in total. The summed E-state index contributed by atoms with van der Waals surface area (Å²) >= 11 is 0.